The molecule has 21 heavy (non-hydrogen) atoms. The molecule has 1 aliphatic heterocycles. The van der Waals surface area contributed by atoms with Crippen LogP contribution < -0.4 is 5.73 Å². The van der Waals surface area contributed by atoms with Gasteiger partial charge in [-0.05, 0) is 45.3 Å². The third-order valence-corrected chi connectivity index (χ3v) is 4.33. The number of nitrogens with zero attached hydrogens (tertiary/aromatic N) is 2. The van der Waals surface area contributed by atoms with E-state index < -0.39 is 0 Å². The zero-order valence-electron chi connectivity index (χ0n) is 13.8. The zero-order chi connectivity index (χ0) is 15.1. The molecule has 0 aromatic heterocycles. The zero-order valence-corrected chi connectivity index (χ0v) is 13.8. The van der Waals surface area contributed by atoms with Crippen LogP contribution in [0, 0.1) is 13.8 Å². The fourth-order valence-electron chi connectivity index (χ4n) is 3.25. The van der Waals surface area contributed by atoms with E-state index in [4.69, 9.17) is 5.73 Å². The van der Waals surface area contributed by atoms with Gasteiger partial charge in [-0.3, -0.25) is 4.90 Å². The van der Waals surface area contributed by atoms with Crippen LogP contribution in [0.5, 0.6) is 0 Å². The van der Waals surface area contributed by atoms with E-state index in [1.807, 2.05) is 0 Å². The van der Waals surface area contributed by atoms with E-state index >= 15 is 0 Å². The van der Waals surface area contributed by atoms with Crippen molar-refractivity contribution >= 4 is 0 Å². The van der Waals surface area contributed by atoms with Crippen LogP contribution in [0.4, 0.5) is 0 Å². The summed E-state index contributed by atoms with van der Waals surface area (Å²) in [7, 11) is 0. The Balaban J connectivity index is 1.71. The Labute approximate surface area is 130 Å². The predicted molar refractivity (Wildman–Crippen MR) is 90.5 cm³/mol. The predicted octanol–water partition coefficient (Wildman–Crippen LogP) is 2.55. The molecule has 2 rings (SSSR count). The van der Waals surface area contributed by atoms with Crippen molar-refractivity contribution in [1.29, 1.82) is 0 Å². The van der Waals surface area contributed by atoms with Crippen LogP contribution in [0.2, 0.25) is 0 Å². The number of rotatable bonds is 7. The highest BCUT2D eigenvalue weighted by atomic mass is 15.3. The lowest BCUT2D eigenvalue weighted by molar-refractivity contribution is 0.125. The summed E-state index contributed by atoms with van der Waals surface area (Å²) in [6, 6.07) is 6.90. The number of hydrogen-bond acceptors (Lipinski definition) is 3. The molecule has 2 N–H and O–H groups in total. The maximum Gasteiger partial charge on any atom is 0.0235 e. The second kappa shape index (κ2) is 8.52. The highest BCUT2D eigenvalue weighted by Crippen LogP contribution is 2.13. The van der Waals surface area contributed by atoms with E-state index in [0.717, 1.165) is 13.1 Å². The molecule has 1 saturated heterocycles. The smallest absolute Gasteiger partial charge is 0.0235 e. The van der Waals surface area contributed by atoms with Gasteiger partial charge in [0.25, 0.3) is 0 Å². The van der Waals surface area contributed by atoms with Gasteiger partial charge in [0.15, 0.2) is 0 Å². The number of unbranched alkanes of at least 4 members (excludes halogenated alkanes) is 2. The van der Waals surface area contributed by atoms with Gasteiger partial charge in [0.05, 0.1) is 0 Å². The highest BCUT2D eigenvalue weighted by Gasteiger charge is 2.16. The molecule has 0 amide bonds. The first-order valence-electron chi connectivity index (χ1n) is 8.39. The van der Waals surface area contributed by atoms with Crippen LogP contribution >= 0.6 is 0 Å². The average molecular weight is 289 g/mol. The number of piperazine rings is 1. The normalized spacial score (nSPS) is 17.3. The van der Waals surface area contributed by atoms with Crippen molar-refractivity contribution in [3.8, 4) is 0 Å². The Morgan fingerprint density at radius 3 is 2.10 bits per heavy atom. The Kier molecular flexibility index (Phi) is 6.68. The van der Waals surface area contributed by atoms with Crippen molar-refractivity contribution in [2.45, 2.75) is 39.7 Å². The van der Waals surface area contributed by atoms with Gasteiger partial charge in [0.1, 0.15) is 0 Å². The van der Waals surface area contributed by atoms with Crippen LogP contribution in [-0.4, -0.2) is 49.1 Å². The topological polar surface area (TPSA) is 32.5 Å². The Hall–Kier alpha value is -0.900. The van der Waals surface area contributed by atoms with Gasteiger partial charge in [-0.25, -0.2) is 0 Å². The van der Waals surface area contributed by atoms with Gasteiger partial charge in [0.2, 0.25) is 0 Å². The molecule has 1 aromatic rings. The molecule has 0 bridgehead atoms. The van der Waals surface area contributed by atoms with Gasteiger partial charge >= 0.3 is 0 Å². The summed E-state index contributed by atoms with van der Waals surface area (Å²) in [5, 5.41) is 0. The molecule has 0 atom stereocenters. The Morgan fingerprint density at radius 1 is 0.857 bits per heavy atom. The Morgan fingerprint density at radius 2 is 1.48 bits per heavy atom. The van der Waals surface area contributed by atoms with Crippen LogP contribution in [0.15, 0.2) is 18.2 Å². The van der Waals surface area contributed by atoms with Gasteiger partial charge in [-0.2, -0.15) is 0 Å². The average Bonchev–Trinajstić information content (AvgIpc) is 2.44. The molecule has 0 radical (unpaired) electrons. The number of aryl methyl sites for hydroxylation is 2. The number of benzene rings is 1. The molecule has 3 nitrogen and oxygen atoms in total. The second-order valence-electron chi connectivity index (χ2n) is 6.46. The third kappa shape index (κ3) is 5.77. The lowest BCUT2D eigenvalue weighted by Crippen LogP contribution is -2.46. The fourth-order valence-corrected chi connectivity index (χ4v) is 3.25. The minimum Gasteiger partial charge on any atom is -0.330 e. The first-order valence-corrected chi connectivity index (χ1v) is 8.39. The monoisotopic (exact) mass is 289 g/mol. The van der Waals surface area contributed by atoms with E-state index in [1.54, 1.807) is 0 Å². The molecule has 0 saturated carbocycles. The van der Waals surface area contributed by atoms with Crippen molar-refractivity contribution < 1.29 is 0 Å². The summed E-state index contributed by atoms with van der Waals surface area (Å²) in [5.74, 6) is 0. The van der Waals surface area contributed by atoms with Crippen LogP contribution in [0.1, 0.15) is 36.0 Å². The quantitative estimate of drug-likeness (QED) is 0.783. The molecule has 0 unspecified atom stereocenters. The van der Waals surface area contributed by atoms with Crippen molar-refractivity contribution in [2.75, 3.05) is 39.3 Å². The maximum absolute atomic E-state index is 5.54. The second-order valence-corrected chi connectivity index (χ2v) is 6.46. The molecule has 0 aliphatic carbocycles. The molecular formula is C18H31N3. The van der Waals surface area contributed by atoms with Gasteiger partial charge in [-0.15, -0.1) is 0 Å². The van der Waals surface area contributed by atoms with Crippen molar-refractivity contribution in [3.05, 3.63) is 34.9 Å². The van der Waals surface area contributed by atoms with Gasteiger partial charge in [-0.1, -0.05) is 35.7 Å². The SMILES string of the molecule is Cc1cc(C)cc(CN2CCN(CCCCCN)CC2)c1. The first-order chi connectivity index (χ1) is 10.2. The van der Waals surface area contributed by atoms with Crippen LogP contribution in [0.3, 0.4) is 0 Å². The molecule has 1 heterocycles. The molecule has 0 spiro atoms. The van der Waals surface area contributed by atoms with Crippen molar-refractivity contribution in [1.82, 2.24) is 9.80 Å². The van der Waals surface area contributed by atoms with Gasteiger partial charge < -0.3 is 10.6 Å². The van der Waals surface area contributed by atoms with E-state index in [1.165, 1.54) is 68.7 Å². The molecule has 3 heteroatoms. The third-order valence-electron chi connectivity index (χ3n) is 4.33. The number of hydrogen-bond donors (Lipinski definition) is 1. The molecular weight excluding hydrogens is 258 g/mol. The minimum atomic E-state index is 0.837. The Bertz CT molecular complexity index is 402. The molecule has 1 aromatic carbocycles. The first kappa shape index (κ1) is 16.5. The van der Waals surface area contributed by atoms with Crippen molar-refractivity contribution in [2.24, 2.45) is 5.73 Å². The molecule has 1 fully saturated rings. The molecule has 118 valence electrons. The highest BCUT2D eigenvalue weighted by molar-refractivity contribution is 5.28. The fraction of sp³-hybridized carbons (Fsp3) is 0.667. The summed E-state index contributed by atoms with van der Waals surface area (Å²) in [5.41, 5.74) is 9.76. The van der Waals surface area contributed by atoms with E-state index in [2.05, 4.69) is 41.8 Å². The van der Waals surface area contributed by atoms with Crippen LogP contribution in [0.25, 0.3) is 0 Å². The van der Waals surface area contributed by atoms with Crippen LogP contribution in [-0.2, 0) is 6.54 Å². The summed E-state index contributed by atoms with van der Waals surface area (Å²) < 4.78 is 0. The lowest BCUT2D eigenvalue weighted by atomic mass is 10.1. The summed E-state index contributed by atoms with van der Waals surface area (Å²) in [4.78, 5) is 5.19. The van der Waals surface area contributed by atoms with Crippen molar-refractivity contribution in [3.63, 3.8) is 0 Å². The van der Waals surface area contributed by atoms with E-state index in [-0.39, 0.29) is 0 Å². The molecule has 1 aliphatic rings. The summed E-state index contributed by atoms with van der Waals surface area (Å²) in [6.07, 6.45) is 3.75. The van der Waals surface area contributed by atoms with E-state index in [9.17, 15) is 0 Å². The van der Waals surface area contributed by atoms with E-state index in [0.29, 0.717) is 0 Å². The minimum absolute atomic E-state index is 0.837. The number of nitrogens with two attached hydrogens (primary N) is 1. The standard InChI is InChI=1S/C18H31N3/c1-16-12-17(2)14-18(13-16)15-21-10-8-20(9-11-21)7-5-3-4-6-19/h12-14H,3-11,15,19H2,1-2H3. The summed E-state index contributed by atoms with van der Waals surface area (Å²) in [6.45, 7) is 12.4. The van der Waals surface area contributed by atoms with Gasteiger partial charge in [0, 0.05) is 32.7 Å². The largest absolute Gasteiger partial charge is 0.330 e. The summed E-state index contributed by atoms with van der Waals surface area (Å²) >= 11 is 0. The lowest BCUT2D eigenvalue weighted by Gasteiger charge is -2.34. The maximum atomic E-state index is 5.54.